The van der Waals surface area contributed by atoms with Crippen molar-refractivity contribution in [1.82, 2.24) is 4.90 Å². The molecule has 0 radical (unpaired) electrons. The number of nitrogens with two attached hydrogens (primary N) is 1. The van der Waals surface area contributed by atoms with Gasteiger partial charge in [0.25, 0.3) is 0 Å². The van der Waals surface area contributed by atoms with Crippen LogP contribution < -0.4 is 20.5 Å². The van der Waals surface area contributed by atoms with Crippen LogP contribution in [0.4, 0.5) is 19.3 Å². The van der Waals surface area contributed by atoms with E-state index < -0.39 is 18.0 Å². The molecule has 0 aromatic heterocycles. The molecule has 9 heteroatoms. The number of benzene rings is 2. The highest BCUT2D eigenvalue weighted by molar-refractivity contribution is 5.89. The first-order valence-corrected chi connectivity index (χ1v) is 10.2. The largest absolute Gasteiger partial charge is 0.489 e. The van der Waals surface area contributed by atoms with E-state index in [1.807, 2.05) is 0 Å². The topological polar surface area (TPSA) is 97.1 Å². The zero-order valence-electron chi connectivity index (χ0n) is 16.9. The third-order valence-corrected chi connectivity index (χ3v) is 5.73. The van der Waals surface area contributed by atoms with Crippen LogP contribution in [-0.4, -0.2) is 54.0 Å². The molecular formula is C22H25F2N3O4. The van der Waals surface area contributed by atoms with Crippen LogP contribution in [0, 0.1) is 11.6 Å². The predicted octanol–water partition coefficient (Wildman–Crippen LogP) is 2.66. The number of nitrogens with zero attached hydrogens (tertiary/aromatic N) is 1. The molecule has 1 spiro atoms. The number of primary amides is 1. The second kappa shape index (κ2) is 8.68. The Morgan fingerprint density at radius 1 is 1.23 bits per heavy atom. The number of ether oxygens (including phenoxy) is 2. The lowest BCUT2D eigenvalue weighted by Gasteiger charge is -2.39. The van der Waals surface area contributed by atoms with Crippen molar-refractivity contribution in [2.24, 2.45) is 5.73 Å². The molecule has 0 bridgehead atoms. The quantitative estimate of drug-likeness (QED) is 0.651. The molecule has 2 aliphatic heterocycles. The van der Waals surface area contributed by atoms with E-state index in [1.54, 1.807) is 6.07 Å². The maximum Gasteiger partial charge on any atom is 0.316 e. The Morgan fingerprint density at radius 2 is 1.94 bits per heavy atom. The van der Waals surface area contributed by atoms with Crippen molar-refractivity contribution in [2.45, 2.75) is 31.0 Å². The molecule has 2 heterocycles. The van der Waals surface area contributed by atoms with E-state index in [-0.39, 0.29) is 29.5 Å². The lowest BCUT2D eigenvalue weighted by Crippen LogP contribution is -2.49. The van der Waals surface area contributed by atoms with Gasteiger partial charge < -0.3 is 30.5 Å². The van der Waals surface area contributed by atoms with Gasteiger partial charge in [0.05, 0.1) is 5.69 Å². The Bertz CT molecular complexity index is 964. The number of carbonyl (C=O) groups excluding carboxylic acids is 1. The maximum atomic E-state index is 13.5. The van der Waals surface area contributed by atoms with Gasteiger partial charge in [-0.25, -0.2) is 13.6 Å². The molecular weight excluding hydrogens is 408 g/mol. The second-order valence-corrected chi connectivity index (χ2v) is 8.11. The zero-order valence-corrected chi connectivity index (χ0v) is 16.9. The van der Waals surface area contributed by atoms with Crippen LogP contribution in [0.2, 0.25) is 0 Å². The molecule has 1 atom stereocenters. The molecule has 31 heavy (non-hydrogen) atoms. The van der Waals surface area contributed by atoms with E-state index >= 15 is 0 Å². The standard InChI is InChI=1S/C22H25F2N3O4/c23-15-2-4-19-14(9-15)11-22(31-19)5-7-27(8-6-22)12-17(28)13-30-20-10-16(24)1-3-18(20)26-21(25)29/h1-4,9-10,17,28H,5-8,11-13H2,(H3,25,26,29)/t17-/m0/s1. The number of urea groups is 1. The molecule has 2 aliphatic rings. The van der Waals surface area contributed by atoms with Crippen LogP contribution in [-0.2, 0) is 6.42 Å². The molecule has 0 unspecified atom stereocenters. The summed E-state index contributed by atoms with van der Waals surface area (Å²) in [6, 6.07) is 7.48. The van der Waals surface area contributed by atoms with Gasteiger partial charge in [-0.15, -0.1) is 0 Å². The fraction of sp³-hybridized carbons (Fsp3) is 0.409. The van der Waals surface area contributed by atoms with Crippen molar-refractivity contribution < 1.29 is 28.2 Å². The molecule has 2 aromatic carbocycles. The van der Waals surface area contributed by atoms with Gasteiger partial charge in [0, 0.05) is 50.5 Å². The molecule has 2 aromatic rings. The number of anilines is 1. The number of hydrogen-bond donors (Lipinski definition) is 3. The average Bonchev–Trinajstić information content (AvgIpc) is 3.06. The summed E-state index contributed by atoms with van der Waals surface area (Å²) in [6.45, 7) is 1.76. The molecule has 0 saturated carbocycles. The van der Waals surface area contributed by atoms with Crippen LogP contribution in [0.1, 0.15) is 18.4 Å². The number of β-amino-alcohol motifs (C(OH)–C–C–N with tert-alkyl or cyclic N) is 1. The van der Waals surface area contributed by atoms with Gasteiger partial charge in [-0.05, 0) is 30.3 Å². The fourth-order valence-electron chi connectivity index (χ4n) is 4.21. The smallest absolute Gasteiger partial charge is 0.316 e. The van der Waals surface area contributed by atoms with Crippen molar-refractivity contribution in [3.05, 3.63) is 53.6 Å². The Labute approximate surface area is 178 Å². The van der Waals surface area contributed by atoms with Crippen molar-refractivity contribution in [1.29, 1.82) is 0 Å². The monoisotopic (exact) mass is 433 g/mol. The minimum absolute atomic E-state index is 0.0697. The first-order chi connectivity index (χ1) is 14.8. The highest BCUT2D eigenvalue weighted by Crippen LogP contribution is 2.41. The number of rotatable bonds is 6. The maximum absolute atomic E-state index is 13.5. The summed E-state index contributed by atoms with van der Waals surface area (Å²) in [5.74, 6) is 0.0595. The summed E-state index contributed by atoms with van der Waals surface area (Å²) in [5.41, 5.74) is 5.93. The Morgan fingerprint density at radius 3 is 2.68 bits per heavy atom. The number of halogens is 2. The summed E-state index contributed by atoms with van der Waals surface area (Å²) < 4.78 is 38.7. The van der Waals surface area contributed by atoms with Gasteiger partial charge >= 0.3 is 6.03 Å². The number of fused-ring (bicyclic) bond motifs is 1. The lowest BCUT2D eigenvalue weighted by atomic mass is 9.87. The highest BCUT2D eigenvalue weighted by atomic mass is 19.1. The van der Waals surface area contributed by atoms with Crippen LogP contribution in [0.25, 0.3) is 0 Å². The third-order valence-electron chi connectivity index (χ3n) is 5.73. The number of carbonyl (C=O) groups is 1. The zero-order chi connectivity index (χ0) is 22.0. The van der Waals surface area contributed by atoms with Gasteiger partial charge in [0.2, 0.25) is 0 Å². The molecule has 1 saturated heterocycles. The number of piperidine rings is 1. The van der Waals surface area contributed by atoms with Crippen molar-refractivity contribution in [3.63, 3.8) is 0 Å². The summed E-state index contributed by atoms with van der Waals surface area (Å²) >= 11 is 0. The number of aliphatic hydroxyl groups excluding tert-OH is 1. The summed E-state index contributed by atoms with van der Waals surface area (Å²) in [4.78, 5) is 13.2. The van der Waals surface area contributed by atoms with Gasteiger partial charge in [0.15, 0.2) is 0 Å². The van der Waals surface area contributed by atoms with Crippen molar-refractivity contribution >= 4 is 11.7 Å². The molecule has 7 nitrogen and oxygen atoms in total. The molecule has 0 aliphatic carbocycles. The molecule has 2 amide bonds. The van der Waals surface area contributed by atoms with E-state index in [4.69, 9.17) is 15.2 Å². The van der Waals surface area contributed by atoms with E-state index in [0.29, 0.717) is 13.0 Å². The molecule has 166 valence electrons. The van der Waals surface area contributed by atoms with E-state index in [1.165, 1.54) is 24.3 Å². The van der Waals surface area contributed by atoms with Gasteiger partial charge in [-0.1, -0.05) is 0 Å². The first kappa shape index (κ1) is 21.3. The second-order valence-electron chi connectivity index (χ2n) is 8.11. The Hall–Kier alpha value is -2.91. The number of aliphatic hydroxyl groups is 1. The van der Waals surface area contributed by atoms with Crippen LogP contribution in [0.15, 0.2) is 36.4 Å². The number of hydrogen-bond acceptors (Lipinski definition) is 5. The van der Waals surface area contributed by atoms with Crippen LogP contribution >= 0.6 is 0 Å². The van der Waals surface area contributed by atoms with Crippen molar-refractivity contribution in [2.75, 3.05) is 31.6 Å². The van der Waals surface area contributed by atoms with E-state index in [9.17, 15) is 18.7 Å². The lowest BCUT2D eigenvalue weighted by molar-refractivity contribution is -0.00193. The van der Waals surface area contributed by atoms with Crippen LogP contribution in [0.5, 0.6) is 11.5 Å². The third kappa shape index (κ3) is 5.05. The van der Waals surface area contributed by atoms with Crippen molar-refractivity contribution in [3.8, 4) is 11.5 Å². The highest BCUT2D eigenvalue weighted by Gasteiger charge is 2.42. The normalized spacial score (nSPS) is 18.3. The van der Waals surface area contributed by atoms with Gasteiger partial charge in [-0.3, -0.25) is 0 Å². The van der Waals surface area contributed by atoms with Crippen LogP contribution in [0.3, 0.4) is 0 Å². The Balaban J connectivity index is 1.27. The molecule has 1 fully saturated rings. The van der Waals surface area contributed by atoms with Gasteiger partial charge in [-0.2, -0.15) is 0 Å². The minimum atomic E-state index is -0.811. The average molecular weight is 433 g/mol. The molecule has 4 N–H and O–H groups in total. The van der Waals surface area contributed by atoms with E-state index in [0.717, 1.165) is 43.3 Å². The molecule has 4 rings (SSSR count). The SMILES string of the molecule is NC(=O)Nc1ccc(F)cc1OC[C@@H](O)CN1CCC2(CC1)Cc1cc(F)ccc1O2. The number of nitrogens with one attached hydrogen (secondary N) is 1. The Kier molecular flexibility index (Phi) is 5.97. The first-order valence-electron chi connectivity index (χ1n) is 10.2. The summed E-state index contributed by atoms with van der Waals surface area (Å²) in [5, 5.41) is 12.8. The minimum Gasteiger partial charge on any atom is -0.489 e. The van der Waals surface area contributed by atoms with E-state index in [2.05, 4.69) is 10.2 Å². The summed E-state index contributed by atoms with van der Waals surface area (Å²) in [7, 11) is 0. The number of likely N-dealkylation sites (tertiary alicyclic amines) is 1. The predicted molar refractivity (Wildman–Crippen MR) is 110 cm³/mol. The summed E-state index contributed by atoms with van der Waals surface area (Å²) in [6.07, 6.45) is 1.42. The number of amides is 2. The fourth-order valence-corrected chi connectivity index (χ4v) is 4.21. The van der Waals surface area contributed by atoms with Gasteiger partial charge in [0.1, 0.15) is 41.4 Å².